The van der Waals surface area contributed by atoms with Crippen LogP contribution in [-0.4, -0.2) is 23.6 Å². The molecular weight excluding hydrogens is 322 g/mol. The number of hydrogen-bond donors (Lipinski definition) is 0. The van der Waals surface area contributed by atoms with Gasteiger partial charge in [0, 0.05) is 30.5 Å². The molecule has 0 aromatic heterocycles. The molecule has 0 unspecified atom stereocenters. The van der Waals surface area contributed by atoms with Crippen LogP contribution in [0.1, 0.15) is 63.4 Å². The fraction of sp³-hybridized carbons (Fsp3) is 0.600. The number of nitrogens with zero attached hydrogens (tertiary/aromatic N) is 1. The predicted octanol–water partition coefficient (Wildman–Crippen LogP) is 4.72. The zero-order chi connectivity index (χ0) is 17.2. The average molecular weight is 348 g/mol. The molecule has 3 nitrogen and oxygen atoms in total. The van der Waals surface area contributed by atoms with Crippen LogP contribution in [0.3, 0.4) is 0 Å². The fourth-order valence-corrected chi connectivity index (χ4v) is 4.73. The number of Topliss-reactive ketones (excluding diaryl/α,β-unsaturated/α-hetero) is 1. The highest BCUT2D eigenvalue weighted by molar-refractivity contribution is 6.31. The first-order chi connectivity index (χ1) is 11.6. The van der Waals surface area contributed by atoms with Gasteiger partial charge in [-0.2, -0.15) is 0 Å². The summed E-state index contributed by atoms with van der Waals surface area (Å²) in [5, 5.41) is 0.577. The lowest BCUT2D eigenvalue weighted by Gasteiger charge is -2.44. The first kappa shape index (κ1) is 17.5. The Balaban J connectivity index is 1.93. The second-order valence-corrected chi connectivity index (χ2v) is 7.68. The van der Waals surface area contributed by atoms with Gasteiger partial charge in [-0.05, 0) is 44.1 Å². The van der Waals surface area contributed by atoms with Crippen LogP contribution in [0.4, 0.5) is 0 Å². The summed E-state index contributed by atoms with van der Waals surface area (Å²) in [6, 6.07) is 7.49. The molecule has 3 rings (SSSR count). The molecule has 0 N–H and O–H groups in total. The van der Waals surface area contributed by atoms with Gasteiger partial charge in [0.15, 0.2) is 5.78 Å². The number of likely N-dealkylation sites (N-methyl/N-ethyl adjacent to an activating group) is 1. The van der Waals surface area contributed by atoms with Crippen molar-refractivity contribution in [1.82, 2.24) is 4.90 Å². The summed E-state index contributed by atoms with van der Waals surface area (Å²) < 4.78 is 0. The van der Waals surface area contributed by atoms with E-state index in [2.05, 4.69) is 0 Å². The highest BCUT2D eigenvalue weighted by Gasteiger charge is 2.47. The molecule has 1 aromatic carbocycles. The molecule has 1 atom stereocenters. The van der Waals surface area contributed by atoms with Crippen molar-refractivity contribution in [3.63, 3.8) is 0 Å². The lowest BCUT2D eigenvalue weighted by Crippen LogP contribution is -2.54. The molecule has 24 heavy (non-hydrogen) atoms. The van der Waals surface area contributed by atoms with Gasteiger partial charge in [0.2, 0.25) is 5.91 Å². The molecule has 0 heterocycles. The topological polar surface area (TPSA) is 37.4 Å². The van der Waals surface area contributed by atoms with Crippen LogP contribution in [0.5, 0.6) is 0 Å². The standard InChI is InChI=1S/C20H26ClNO2/c1-22(19(24)14-15-8-2-3-9-15)20(13-7-6-12-18(20)23)16-10-4-5-11-17(16)21/h4-5,10-11,15H,2-3,6-9,12-14H2,1H3/t20-/m1/s1. The molecule has 0 saturated heterocycles. The first-order valence-corrected chi connectivity index (χ1v) is 9.48. The van der Waals surface area contributed by atoms with Crippen LogP contribution in [0, 0.1) is 5.92 Å². The number of hydrogen-bond acceptors (Lipinski definition) is 2. The molecule has 2 aliphatic rings. The maximum absolute atomic E-state index is 13.0. The SMILES string of the molecule is CN(C(=O)CC1CCCC1)[C@@]1(c2ccccc2Cl)CCCCC1=O. The molecule has 2 fully saturated rings. The molecule has 0 radical (unpaired) electrons. The Morgan fingerprint density at radius 1 is 1.21 bits per heavy atom. The zero-order valence-electron chi connectivity index (χ0n) is 14.4. The summed E-state index contributed by atoms with van der Waals surface area (Å²) >= 11 is 6.44. The minimum Gasteiger partial charge on any atom is -0.329 e. The molecule has 4 heteroatoms. The van der Waals surface area contributed by atoms with E-state index in [1.807, 2.05) is 24.3 Å². The third kappa shape index (κ3) is 3.11. The third-order valence-corrected chi connectivity index (χ3v) is 6.19. The Labute approximate surface area is 149 Å². The first-order valence-electron chi connectivity index (χ1n) is 9.10. The lowest BCUT2D eigenvalue weighted by atomic mass is 9.74. The number of carbonyl (C=O) groups is 2. The van der Waals surface area contributed by atoms with Crippen molar-refractivity contribution in [3.8, 4) is 0 Å². The largest absolute Gasteiger partial charge is 0.329 e. The van der Waals surface area contributed by atoms with Crippen molar-refractivity contribution in [2.75, 3.05) is 7.05 Å². The van der Waals surface area contributed by atoms with E-state index in [9.17, 15) is 9.59 Å². The summed E-state index contributed by atoms with van der Waals surface area (Å²) in [4.78, 5) is 27.7. The summed E-state index contributed by atoms with van der Waals surface area (Å²) in [5.74, 6) is 0.683. The minimum atomic E-state index is -0.883. The molecule has 0 spiro atoms. The summed E-state index contributed by atoms with van der Waals surface area (Å²) in [6.45, 7) is 0. The number of amides is 1. The number of ketones is 1. The molecule has 1 amide bonds. The Kier molecular flexibility index (Phi) is 5.29. The van der Waals surface area contributed by atoms with Crippen LogP contribution < -0.4 is 0 Å². The average Bonchev–Trinajstić information content (AvgIpc) is 3.08. The second kappa shape index (κ2) is 7.26. The van der Waals surface area contributed by atoms with Crippen molar-refractivity contribution >= 4 is 23.3 Å². The van der Waals surface area contributed by atoms with Crippen molar-refractivity contribution in [1.29, 1.82) is 0 Å². The Morgan fingerprint density at radius 3 is 2.58 bits per heavy atom. The molecule has 2 aliphatic carbocycles. The Hall–Kier alpha value is -1.35. The highest BCUT2D eigenvalue weighted by atomic mass is 35.5. The molecular formula is C20H26ClNO2. The van der Waals surface area contributed by atoms with E-state index in [1.54, 1.807) is 11.9 Å². The Bertz CT molecular complexity index is 624. The number of halogens is 1. The number of carbonyl (C=O) groups excluding carboxylic acids is 2. The predicted molar refractivity (Wildman–Crippen MR) is 96.0 cm³/mol. The number of rotatable bonds is 4. The van der Waals surface area contributed by atoms with Gasteiger partial charge in [0.1, 0.15) is 5.54 Å². The second-order valence-electron chi connectivity index (χ2n) is 7.28. The number of benzene rings is 1. The molecule has 0 bridgehead atoms. The van der Waals surface area contributed by atoms with E-state index in [1.165, 1.54) is 12.8 Å². The summed E-state index contributed by atoms with van der Waals surface area (Å²) in [7, 11) is 1.80. The molecule has 130 valence electrons. The Morgan fingerprint density at radius 2 is 1.92 bits per heavy atom. The van der Waals surface area contributed by atoms with Gasteiger partial charge in [-0.25, -0.2) is 0 Å². The van der Waals surface area contributed by atoms with Gasteiger partial charge in [0.25, 0.3) is 0 Å². The van der Waals surface area contributed by atoms with Crippen molar-refractivity contribution in [3.05, 3.63) is 34.9 Å². The maximum atomic E-state index is 13.0. The van der Waals surface area contributed by atoms with E-state index < -0.39 is 5.54 Å². The molecule has 0 aliphatic heterocycles. The van der Waals surface area contributed by atoms with Crippen molar-refractivity contribution in [2.24, 2.45) is 5.92 Å². The van der Waals surface area contributed by atoms with Crippen molar-refractivity contribution < 1.29 is 9.59 Å². The van der Waals surface area contributed by atoms with Gasteiger partial charge in [0.05, 0.1) is 0 Å². The van der Waals surface area contributed by atoms with Crippen LogP contribution in [0.2, 0.25) is 5.02 Å². The monoisotopic (exact) mass is 347 g/mol. The van der Waals surface area contributed by atoms with E-state index in [4.69, 9.17) is 11.6 Å². The molecule has 1 aromatic rings. The summed E-state index contributed by atoms with van der Waals surface area (Å²) in [5.41, 5.74) is -0.0923. The van der Waals surface area contributed by atoms with Crippen LogP contribution in [-0.2, 0) is 15.1 Å². The van der Waals surface area contributed by atoms with E-state index in [0.29, 0.717) is 30.2 Å². The van der Waals surface area contributed by atoms with Gasteiger partial charge in [-0.1, -0.05) is 42.6 Å². The van der Waals surface area contributed by atoms with E-state index >= 15 is 0 Å². The van der Waals surface area contributed by atoms with Gasteiger partial charge in [-0.15, -0.1) is 0 Å². The van der Waals surface area contributed by atoms with E-state index in [-0.39, 0.29) is 11.7 Å². The fourth-order valence-electron chi connectivity index (χ4n) is 4.44. The minimum absolute atomic E-state index is 0.0806. The zero-order valence-corrected chi connectivity index (χ0v) is 15.1. The summed E-state index contributed by atoms with van der Waals surface area (Å²) in [6.07, 6.45) is 8.28. The smallest absolute Gasteiger partial charge is 0.223 e. The highest BCUT2D eigenvalue weighted by Crippen LogP contribution is 2.43. The maximum Gasteiger partial charge on any atom is 0.223 e. The van der Waals surface area contributed by atoms with Crippen LogP contribution >= 0.6 is 11.6 Å². The van der Waals surface area contributed by atoms with Gasteiger partial charge in [-0.3, -0.25) is 9.59 Å². The quantitative estimate of drug-likeness (QED) is 0.790. The van der Waals surface area contributed by atoms with Crippen molar-refractivity contribution in [2.45, 2.75) is 63.3 Å². The van der Waals surface area contributed by atoms with E-state index in [0.717, 1.165) is 31.2 Å². The van der Waals surface area contributed by atoms with Crippen LogP contribution in [0.15, 0.2) is 24.3 Å². The third-order valence-electron chi connectivity index (χ3n) is 5.86. The van der Waals surface area contributed by atoms with Gasteiger partial charge >= 0.3 is 0 Å². The molecule has 2 saturated carbocycles. The lowest BCUT2D eigenvalue weighted by molar-refractivity contribution is -0.148. The van der Waals surface area contributed by atoms with Gasteiger partial charge < -0.3 is 4.90 Å². The van der Waals surface area contributed by atoms with Crippen LogP contribution in [0.25, 0.3) is 0 Å². The normalized spacial score (nSPS) is 25.0.